The number of aliphatic imine (C=N–C) groups is 1. The van der Waals surface area contributed by atoms with Crippen molar-refractivity contribution >= 4 is 15.8 Å². The minimum Gasteiger partial charge on any atom is -0.357 e. The van der Waals surface area contributed by atoms with Crippen molar-refractivity contribution in [1.82, 2.24) is 10.2 Å². The summed E-state index contributed by atoms with van der Waals surface area (Å²) in [7, 11) is -2.99. The van der Waals surface area contributed by atoms with Gasteiger partial charge in [-0.15, -0.1) is 0 Å². The fourth-order valence-electron chi connectivity index (χ4n) is 3.84. The third-order valence-corrected chi connectivity index (χ3v) is 6.21. The maximum atomic E-state index is 11.4. The van der Waals surface area contributed by atoms with Gasteiger partial charge in [0.1, 0.15) is 0 Å². The van der Waals surface area contributed by atoms with Crippen molar-refractivity contribution in [2.75, 3.05) is 25.9 Å². The fraction of sp³-hybridized carbons (Fsp3) is 0.632. The molecule has 1 aromatic carbocycles. The number of rotatable bonds is 5. The van der Waals surface area contributed by atoms with Crippen molar-refractivity contribution in [3.8, 4) is 0 Å². The Morgan fingerprint density at radius 1 is 1.20 bits per heavy atom. The summed E-state index contributed by atoms with van der Waals surface area (Å²) in [5.41, 5.74) is 2.49. The highest BCUT2D eigenvalue weighted by Gasteiger charge is 2.43. The van der Waals surface area contributed by atoms with Gasteiger partial charge in [0.05, 0.1) is 12.3 Å². The van der Waals surface area contributed by atoms with Crippen LogP contribution in [-0.2, 0) is 22.1 Å². The quantitative estimate of drug-likeness (QED) is 0.645. The summed E-state index contributed by atoms with van der Waals surface area (Å²) in [4.78, 5) is 7.21. The lowest BCUT2D eigenvalue weighted by Gasteiger charge is -2.38. The predicted octanol–water partition coefficient (Wildman–Crippen LogP) is 2.57. The summed E-state index contributed by atoms with van der Waals surface area (Å²) in [5.74, 6) is 1.10. The number of sulfone groups is 1. The van der Waals surface area contributed by atoms with Gasteiger partial charge in [-0.1, -0.05) is 30.7 Å². The lowest BCUT2D eigenvalue weighted by Crippen LogP contribution is -2.42. The van der Waals surface area contributed by atoms with Gasteiger partial charge in [0.15, 0.2) is 15.8 Å². The normalized spacial score (nSPS) is 19.9. The van der Waals surface area contributed by atoms with E-state index in [9.17, 15) is 8.42 Å². The van der Waals surface area contributed by atoms with E-state index < -0.39 is 9.84 Å². The standard InChI is InChI=1S/C19H29N3O2S/c1-3-20-18(22-12-11-19(15-22)9-4-10-19)21-13-16-5-7-17(8-6-16)14-25(2,23)24/h5-8H,3-4,9-15H2,1-2H3,(H,20,21). The first-order chi connectivity index (χ1) is 11.9. The molecule has 1 saturated carbocycles. The Balaban J connectivity index is 1.63. The molecule has 0 radical (unpaired) electrons. The second-order valence-corrected chi connectivity index (χ2v) is 9.72. The summed E-state index contributed by atoms with van der Waals surface area (Å²) in [6, 6.07) is 7.73. The van der Waals surface area contributed by atoms with E-state index in [-0.39, 0.29) is 5.75 Å². The number of nitrogens with one attached hydrogen (secondary N) is 1. The van der Waals surface area contributed by atoms with Gasteiger partial charge in [-0.25, -0.2) is 13.4 Å². The van der Waals surface area contributed by atoms with Crippen molar-refractivity contribution in [1.29, 1.82) is 0 Å². The third kappa shape index (κ3) is 4.75. The smallest absolute Gasteiger partial charge is 0.194 e. The van der Waals surface area contributed by atoms with Crippen LogP contribution in [0.4, 0.5) is 0 Å². The van der Waals surface area contributed by atoms with Gasteiger partial charge in [-0.3, -0.25) is 0 Å². The van der Waals surface area contributed by atoms with E-state index in [0.717, 1.165) is 36.7 Å². The van der Waals surface area contributed by atoms with E-state index >= 15 is 0 Å². The Labute approximate surface area is 151 Å². The van der Waals surface area contributed by atoms with E-state index in [1.54, 1.807) is 0 Å². The molecule has 2 aliphatic rings. The van der Waals surface area contributed by atoms with Crippen LogP contribution in [0.2, 0.25) is 0 Å². The van der Waals surface area contributed by atoms with Gasteiger partial charge in [0.25, 0.3) is 0 Å². The molecule has 0 aromatic heterocycles. The van der Waals surface area contributed by atoms with Crippen LogP contribution in [0.1, 0.15) is 43.7 Å². The first-order valence-corrected chi connectivity index (χ1v) is 11.2. The third-order valence-electron chi connectivity index (χ3n) is 5.35. The van der Waals surface area contributed by atoms with Crippen molar-refractivity contribution in [2.24, 2.45) is 10.4 Å². The molecule has 1 N–H and O–H groups in total. The lowest BCUT2D eigenvalue weighted by atomic mass is 9.68. The molecule has 1 aromatic rings. The zero-order valence-corrected chi connectivity index (χ0v) is 16.1. The lowest BCUT2D eigenvalue weighted by molar-refractivity contribution is 0.151. The van der Waals surface area contributed by atoms with Crippen LogP contribution in [0, 0.1) is 5.41 Å². The molecular weight excluding hydrogens is 334 g/mol. The van der Waals surface area contributed by atoms with Gasteiger partial charge >= 0.3 is 0 Å². The van der Waals surface area contributed by atoms with Crippen LogP contribution in [0.5, 0.6) is 0 Å². The molecule has 138 valence electrons. The monoisotopic (exact) mass is 363 g/mol. The van der Waals surface area contributed by atoms with E-state index in [1.807, 2.05) is 24.3 Å². The molecule has 1 aliphatic carbocycles. The Morgan fingerprint density at radius 3 is 2.40 bits per heavy atom. The Kier molecular flexibility index (Phi) is 5.37. The molecule has 6 heteroatoms. The maximum absolute atomic E-state index is 11.4. The topological polar surface area (TPSA) is 61.8 Å². The summed E-state index contributed by atoms with van der Waals surface area (Å²) in [6.07, 6.45) is 6.66. The van der Waals surface area contributed by atoms with Crippen LogP contribution in [0.3, 0.4) is 0 Å². The second kappa shape index (κ2) is 7.36. The predicted molar refractivity (Wildman–Crippen MR) is 102 cm³/mol. The number of likely N-dealkylation sites (tertiary alicyclic amines) is 1. The largest absolute Gasteiger partial charge is 0.357 e. The zero-order chi connectivity index (χ0) is 17.9. The highest BCUT2D eigenvalue weighted by molar-refractivity contribution is 7.89. The van der Waals surface area contributed by atoms with Gasteiger partial charge in [-0.2, -0.15) is 0 Å². The molecule has 1 heterocycles. The molecule has 1 saturated heterocycles. The van der Waals surface area contributed by atoms with Crippen LogP contribution in [0.15, 0.2) is 29.3 Å². The Hall–Kier alpha value is -1.56. The summed E-state index contributed by atoms with van der Waals surface area (Å²) in [6.45, 7) is 5.82. The highest BCUT2D eigenvalue weighted by Crippen LogP contribution is 2.47. The van der Waals surface area contributed by atoms with E-state index in [0.29, 0.717) is 12.0 Å². The van der Waals surface area contributed by atoms with Crippen LogP contribution in [0.25, 0.3) is 0 Å². The van der Waals surface area contributed by atoms with E-state index in [4.69, 9.17) is 4.99 Å². The molecule has 1 spiro atoms. The van der Waals surface area contributed by atoms with Crippen molar-refractivity contribution in [3.05, 3.63) is 35.4 Å². The van der Waals surface area contributed by atoms with Gasteiger partial charge in [-0.05, 0) is 42.7 Å². The van der Waals surface area contributed by atoms with E-state index in [2.05, 4.69) is 17.1 Å². The number of hydrogen-bond donors (Lipinski definition) is 1. The molecule has 0 amide bonds. The van der Waals surface area contributed by atoms with Crippen molar-refractivity contribution < 1.29 is 8.42 Å². The fourth-order valence-corrected chi connectivity index (χ4v) is 4.63. The maximum Gasteiger partial charge on any atom is 0.194 e. The minimum atomic E-state index is -2.99. The average Bonchev–Trinajstić information content (AvgIpc) is 2.97. The van der Waals surface area contributed by atoms with Crippen molar-refractivity contribution in [3.63, 3.8) is 0 Å². The molecule has 0 unspecified atom stereocenters. The van der Waals surface area contributed by atoms with Crippen LogP contribution >= 0.6 is 0 Å². The second-order valence-electron chi connectivity index (χ2n) is 7.58. The minimum absolute atomic E-state index is 0.0923. The zero-order valence-electron chi connectivity index (χ0n) is 15.3. The molecule has 0 bridgehead atoms. The van der Waals surface area contributed by atoms with Crippen LogP contribution < -0.4 is 5.32 Å². The van der Waals surface area contributed by atoms with Crippen molar-refractivity contribution in [2.45, 2.75) is 44.9 Å². The number of guanidine groups is 1. The molecule has 5 nitrogen and oxygen atoms in total. The molecule has 1 aliphatic heterocycles. The molecule has 2 fully saturated rings. The number of hydrogen-bond acceptors (Lipinski definition) is 3. The SMILES string of the molecule is CCNC(=NCc1ccc(CS(C)(=O)=O)cc1)N1CCC2(CCC2)C1. The average molecular weight is 364 g/mol. The first-order valence-electron chi connectivity index (χ1n) is 9.18. The number of nitrogens with zero attached hydrogens (tertiary/aromatic N) is 2. The summed E-state index contributed by atoms with van der Waals surface area (Å²) >= 11 is 0. The molecule has 0 atom stereocenters. The molecular formula is C19H29N3O2S. The Morgan fingerprint density at radius 2 is 1.88 bits per heavy atom. The van der Waals surface area contributed by atoms with Gasteiger partial charge in [0.2, 0.25) is 0 Å². The highest BCUT2D eigenvalue weighted by atomic mass is 32.2. The summed E-state index contributed by atoms with van der Waals surface area (Å²) in [5, 5.41) is 3.42. The molecule has 3 rings (SSSR count). The number of benzene rings is 1. The van der Waals surface area contributed by atoms with E-state index in [1.165, 1.54) is 31.9 Å². The molecule has 25 heavy (non-hydrogen) atoms. The Bertz CT molecular complexity index is 722. The van der Waals surface area contributed by atoms with Gasteiger partial charge in [0, 0.05) is 25.9 Å². The van der Waals surface area contributed by atoms with Gasteiger partial charge < -0.3 is 10.2 Å². The summed E-state index contributed by atoms with van der Waals surface area (Å²) < 4.78 is 22.7. The first kappa shape index (κ1) is 18.2. The van der Waals surface area contributed by atoms with Crippen LogP contribution in [-0.4, -0.2) is 45.2 Å².